The Hall–Kier alpha value is -2.75. The smallest absolute Gasteiger partial charge is 0.219 e. The number of hydrogen-bond acceptors (Lipinski definition) is 4. The second-order valence-electron chi connectivity index (χ2n) is 12.8. The minimum atomic E-state index is -0.337. The van der Waals surface area contributed by atoms with Crippen molar-refractivity contribution in [3.8, 4) is 11.3 Å². The van der Waals surface area contributed by atoms with Crippen molar-refractivity contribution in [2.45, 2.75) is 100 Å². The second-order valence-corrected chi connectivity index (χ2v) is 12.8. The van der Waals surface area contributed by atoms with Crippen LogP contribution in [0.1, 0.15) is 99.3 Å². The maximum Gasteiger partial charge on any atom is 0.219 e. The van der Waals surface area contributed by atoms with Crippen molar-refractivity contribution in [1.29, 1.82) is 0 Å². The fraction of sp³-hybridized carbons (Fsp3) is 0.459. The van der Waals surface area contributed by atoms with Crippen molar-refractivity contribution in [3.05, 3.63) is 77.8 Å². The summed E-state index contributed by atoms with van der Waals surface area (Å²) in [4.78, 5) is 16.9. The Morgan fingerprint density at radius 2 is 1.50 bits per heavy atom. The van der Waals surface area contributed by atoms with Crippen molar-refractivity contribution in [3.63, 3.8) is 0 Å². The van der Waals surface area contributed by atoms with E-state index in [-0.39, 0.29) is 47.9 Å². The van der Waals surface area contributed by atoms with E-state index in [1.807, 2.05) is 60.6 Å². The van der Waals surface area contributed by atoms with Crippen molar-refractivity contribution >= 4 is 27.7 Å². The first kappa shape index (κ1) is 35.4. The van der Waals surface area contributed by atoms with E-state index in [0.29, 0.717) is 5.71 Å². The SMILES string of the molecule is CCC(C)(CC)C(=O)/C=C(\O)C(C)(CC)CC.Cc1cc2ccc(-c3[c-]c4ccccc4c(C(C)(C)C)c3)nc2o1.[Ir]. The molecule has 229 valence electrons. The van der Waals surface area contributed by atoms with Crippen LogP contribution in [0, 0.1) is 23.8 Å². The van der Waals surface area contributed by atoms with E-state index in [1.165, 1.54) is 17.0 Å². The van der Waals surface area contributed by atoms with Gasteiger partial charge < -0.3 is 9.52 Å². The molecule has 4 nitrogen and oxygen atoms in total. The van der Waals surface area contributed by atoms with E-state index in [9.17, 15) is 9.90 Å². The Kier molecular flexibility index (Phi) is 11.9. The van der Waals surface area contributed by atoms with Crippen LogP contribution in [0.25, 0.3) is 33.1 Å². The number of aryl methyl sites for hydroxylation is 1. The summed E-state index contributed by atoms with van der Waals surface area (Å²) in [6, 6.07) is 20.3. The number of furan rings is 1. The van der Waals surface area contributed by atoms with E-state index in [2.05, 4.69) is 63.2 Å². The van der Waals surface area contributed by atoms with Crippen LogP contribution in [0.2, 0.25) is 0 Å². The number of hydrogen-bond donors (Lipinski definition) is 1. The number of pyridine rings is 1. The molecule has 0 atom stereocenters. The predicted octanol–water partition coefficient (Wildman–Crippen LogP) is 10.7. The van der Waals surface area contributed by atoms with Crippen molar-refractivity contribution in [1.82, 2.24) is 4.98 Å². The monoisotopic (exact) mass is 747 g/mol. The molecule has 2 aromatic heterocycles. The molecular weight excluding hydrogens is 699 g/mol. The molecule has 2 heterocycles. The molecule has 0 amide bonds. The number of ketones is 1. The number of rotatable bonds is 8. The van der Waals surface area contributed by atoms with Crippen molar-refractivity contribution in [2.24, 2.45) is 10.8 Å². The number of allylic oxidation sites excluding steroid dienone is 2. The van der Waals surface area contributed by atoms with Crippen LogP contribution in [-0.4, -0.2) is 15.9 Å². The third-order valence-corrected chi connectivity index (χ3v) is 8.97. The van der Waals surface area contributed by atoms with Crippen LogP contribution in [-0.2, 0) is 30.3 Å². The predicted molar refractivity (Wildman–Crippen MR) is 172 cm³/mol. The zero-order chi connectivity index (χ0) is 30.6. The molecule has 0 aliphatic rings. The number of fused-ring (bicyclic) bond motifs is 2. The standard InChI is InChI=1S/C22H20NO.C15H28O2.Ir/c1-14-11-16-9-10-20(23-21(16)24-14)17-12-15-7-5-6-8-18(15)19(13-17)22(2,3)4;1-7-14(5,8-2)12(16)11-13(17)15(6,9-3)10-4;/h5-11,13H,1-4H3;11,16H,7-10H2,1-6H3;/q-1;;/b;12-11-;. The van der Waals surface area contributed by atoms with Gasteiger partial charge in [0.2, 0.25) is 5.71 Å². The van der Waals surface area contributed by atoms with E-state index in [1.54, 1.807) is 0 Å². The molecule has 0 unspecified atom stereocenters. The maximum atomic E-state index is 12.2. The molecule has 5 heteroatoms. The van der Waals surface area contributed by atoms with E-state index >= 15 is 0 Å². The molecule has 0 fully saturated rings. The Labute approximate surface area is 266 Å². The summed E-state index contributed by atoms with van der Waals surface area (Å²) in [6.07, 6.45) is 4.75. The third kappa shape index (κ3) is 7.79. The van der Waals surface area contributed by atoms with E-state index < -0.39 is 0 Å². The zero-order valence-electron chi connectivity index (χ0n) is 27.1. The van der Waals surface area contributed by atoms with Gasteiger partial charge in [-0.15, -0.1) is 29.1 Å². The molecule has 42 heavy (non-hydrogen) atoms. The second kappa shape index (κ2) is 14.1. The number of aliphatic hydroxyl groups excluding tert-OH is 1. The summed E-state index contributed by atoms with van der Waals surface area (Å²) in [7, 11) is 0. The average molecular weight is 747 g/mol. The summed E-state index contributed by atoms with van der Waals surface area (Å²) in [5.74, 6) is 1.17. The largest absolute Gasteiger partial charge is 0.512 e. The van der Waals surface area contributed by atoms with E-state index in [4.69, 9.17) is 9.40 Å². The van der Waals surface area contributed by atoms with Gasteiger partial charge in [0.25, 0.3) is 0 Å². The average Bonchev–Trinajstić information content (AvgIpc) is 3.34. The van der Waals surface area contributed by atoms with E-state index in [0.717, 1.165) is 53.5 Å². The summed E-state index contributed by atoms with van der Waals surface area (Å²) in [6.45, 7) is 20.8. The van der Waals surface area contributed by atoms with Gasteiger partial charge in [0.05, 0.1) is 0 Å². The Balaban J connectivity index is 0.000000307. The first-order valence-corrected chi connectivity index (χ1v) is 15.0. The topological polar surface area (TPSA) is 63.3 Å². The summed E-state index contributed by atoms with van der Waals surface area (Å²) in [5.41, 5.74) is 3.35. The quantitative estimate of drug-likeness (QED) is 0.111. The molecular formula is C37H48IrNO3-. The first-order chi connectivity index (χ1) is 19.2. The van der Waals surface area contributed by atoms with Gasteiger partial charge in [0.1, 0.15) is 11.5 Å². The molecule has 1 N–H and O–H groups in total. The molecule has 0 aliphatic heterocycles. The minimum Gasteiger partial charge on any atom is -0.512 e. The Morgan fingerprint density at radius 3 is 2.07 bits per heavy atom. The molecule has 1 radical (unpaired) electrons. The van der Waals surface area contributed by atoms with Crippen LogP contribution in [0.4, 0.5) is 0 Å². The van der Waals surface area contributed by atoms with Crippen LogP contribution in [0.15, 0.2) is 64.8 Å². The third-order valence-electron chi connectivity index (χ3n) is 8.97. The molecule has 4 rings (SSSR count). The van der Waals surface area contributed by atoms with Crippen LogP contribution in [0.5, 0.6) is 0 Å². The normalized spacial score (nSPS) is 12.6. The van der Waals surface area contributed by atoms with Crippen molar-refractivity contribution in [2.75, 3.05) is 0 Å². The maximum absolute atomic E-state index is 12.2. The van der Waals surface area contributed by atoms with Gasteiger partial charge >= 0.3 is 0 Å². The molecule has 0 aliphatic carbocycles. The van der Waals surface area contributed by atoms with Crippen LogP contribution < -0.4 is 0 Å². The molecule has 0 saturated heterocycles. The number of carbonyl (C=O) groups excluding carboxylic acids is 1. The molecule has 2 aromatic carbocycles. The minimum absolute atomic E-state index is 0. The van der Waals surface area contributed by atoms with Gasteiger partial charge in [0.15, 0.2) is 5.78 Å². The van der Waals surface area contributed by atoms with Gasteiger partial charge in [-0.05, 0) is 44.1 Å². The van der Waals surface area contributed by atoms with Gasteiger partial charge in [-0.3, -0.25) is 9.78 Å². The van der Waals surface area contributed by atoms with Gasteiger partial charge in [-0.25, -0.2) is 0 Å². The molecule has 4 aromatic rings. The first-order valence-electron chi connectivity index (χ1n) is 15.0. The number of nitrogens with zero attached hydrogens (tertiary/aromatic N) is 1. The fourth-order valence-corrected chi connectivity index (χ4v) is 4.87. The summed E-state index contributed by atoms with van der Waals surface area (Å²) >= 11 is 0. The Bertz CT molecular complexity index is 1530. The van der Waals surface area contributed by atoms with Crippen LogP contribution in [0.3, 0.4) is 0 Å². The number of aromatic nitrogens is 1. The zero-order valence-corrected chi connectivity index (χ0v) is 29.5. The molecule has 0 spiro atoms. The number of benzene rings is 2. The van der Waals surface area contributed by atoms with Gasteiger partial charge in [-0.2, -0.15) is 0 Å². The van der Waals surface area contributed by atoms with Crippen LogP contribution >= 0.6 is 0 Å². The number of carbonyl (C=O) groups is 1. The van der Waals surface area contributed by atoms with Crippen molar-refractivity contribution < 1.29 is 34.4 Å². The summed E-state index contributed by atoms with van der Waals surface area (Å²) in [5, 5.41) is 13.5. The molecule has 0 bridgehead atoms. The number of aliphatic hydroxyl groups is 1. The van der Waals surface area contributed by atoms with Gasteiger partial charge in [-0.1, -0.05) is 104 Å². The molecule has 0 saturated carbocycles. The summed E-state index contributed by atoms with van der Waals surface area (Å²) < 4.78 is 5.69. The van der Waals surface area contributed by atoms with Gasteiger partial charge in [0, 0.05) is 48.1 Å². The fourth-order valence-electron chi connectivity index (χ4n) is 4.87. The Morgan fingerprint density at radius 1 is 0.905 bits per heavy atom.